The zero-order chi connectivity index (χ0) is 21.3. The minimum Gasteiger partial charge on any atom is -0.496 e. The molecular formula is C22H26N4O4. The van der Waals surface area contributed by atoms with E-state index in [2.05, 4.69) is 10.3 Å². The summed E-state index contributed by atoms with van der Waals surface area (Å²) in [5.41, 5.74) is 0.930. The van der Waals surface area contributed by atoms with E-state index in [1.54, 1.807) is 49.5 Å². The number of amides is 2. The van der Waals surface area contributed by atoms with Gasteiger partial charge < -0.3 is 24.3 Å². The average Bonchev–Trinajstić information content (AvgIpc) is 3.30. The minimum atomic E-state index is -0.853. The van der Waals surface area contributed by atoms with E-state index in [4.69, 9.17) is 9.15 Å². The molecule has 0 bridgehead atoms. The van der Waals surface area contributed by atoms with E-state index >= 15 is 0 Å². The lowest BCUT2D eigenvalue weighted by atomic mass is 9.97. The van der Waals surface area contributed by atoms with Gasteiger partial charge in [-0.05, 0) is 38.3 Å². The largest absolute Gasteiger partial charge is 0.496 e. The van der Waals surface area contributed by atoms with Crippen molar-refractivity contribution in [3.05, 3.63) is 42.4 Å². The molecule has 2 aliphatic rings. The fraction of sp³-hybridized carbons (Fsp3) is 0.409. The van der Waals surface area contributed by atoms with Crippen LogP contribution in [0.5, 0.6) is 5.75 Å². The van der Waals surface area contributed by atoms with Crippen LogP contribution in [0, 0.1) is 0 Å². The number of anilines is 1. The van der Waals surface area contributed by atoms with E-state index in [0.717, 1.165) is 25.9 Å². The molecule has 3 heterocycles. The lowest BCUT2D eigenvalue weighted by Gasteiger charge is -2.42. The first-order valence-corrected chi connectivity index (χ1v) is 10.1. The third kappa shape index (κ3) is 3.53. The maximum Gasteiger partial charge on any atom is 0.257 e. The van der Waals surface area contributed by atoms with E-state index in [9.17, 15) is 9.59 Å². The molecule has 158 valence electrons. The highest BCUT2D eigenvalue weighted by molar-refractivity contribution is 6.04. The van der Waals surface area contributed by atoms with Crippen molar-refractivity contribution in [2.24, 2.45) is 0 Å². The monoisotopic (exact) mass is 410 g/mol. The molecule has 2 amide bonds. The molecular weight excluding hydrogens is 384 g/mol. The van der Waals surface area contributed by atoms with Crippen LogP contribution in [0.3, 0.4) is 0 Å². The van der Waals surface area contributed by atoms with Crippen molar-refractivity contribution < 1.29 is 18.7 Å². The van der Waals surface area contributed by atoms with Crippen LogP contribution in [0.4, 0.5) is 5.69 Å². The van der Waals surface area contributed by atoms with Gasteiger partial charge in [0.2, 0.25) is 5.91 Å². The van der Waals surface area contributed by atoms with Crippen molar-refractivity contribution in [3.63, 3.8) is 0 Å². The van der Waals surface area contributed by atoms with Gasteiger partial charge in [0.15, 0.2) is 12.2 Å². The van der Waals surface area contributed by atoms with Crippen LogP contribution in [-0.2, 0) is 4.79 Å². The standard InChI is InChI=1S/C22H26N4O4/c1-22(8-7-20(27)26-9-5-4-6-10-26)24-17-12-18(29-3)16(19-13-23-14-30-19)11-15(17)21(28)25(22)2/h7-8,11-14,24H,4-6,9-10H2,1-3H3/b8-7+. The average molecular weight is 410 g/mol. The summed E-state index contributed by atoms with van der Waals surface area (Å²) in [6, 6.07) is 3.51. The number of likely N-dealkylation sites (N-methyl/N-ethyl adjacent to an activating group) is 1. The number of piperidine rings is 1. The van der Waals surface area contributed by atoms with Crippen LogP contribution < -0.4 is 10.1 Å². The van der Waals surface area contributed by atoms with Crippen LogP contribution in [0.25, 0.3) is 11.3 Å². The van der Waals surface area contributed by atoms with E-state index in [-0.39, 0.29) is 11.8 Å². The number of carbonyl (C=O) groups is 2. The summed E-state index contributed by atoms with van der Waals surface area (Å²) in [5.74, 6) is 0.892. The van der Waals surface area contributed by atoms with E-state index in [1.165, 1.54) is 12.8 Å². The van der Waals surface area contributed by atoms with E-state index in [1.807, 2.05) is 11.8 Å². The summed E-state index contributed by atoms with van der Waals surface area (Å²) >= 11 is 0. The summed E-state index contributed by atoms with van der Waals surface area (Å²) in [5, 5.41) is 3.38. The predicted molar refractivity (Wildman–Crippen MR) is 112 cm³/mol. The molecule has 8 nitrogen and oxygen atoms in total. The van der Waals surface area contributed by atoms with Crippen molar-refractivity contribution in [1.29, 1.82) is 0 Å². The fourth-order valence-corrected chi connectivity index (χ4v) is 3.93. The molecule has 30 heavy (non-hydrogen) atoms. The molecule has 0 aliphatic carbocycles. The van der Waals surface area contributed by atoms with Crippen molar-refractivity contribution in [1.82, 2.24) is 14.8 Å². The SMILES string of the molecule is COc1cc2c(cc1-c1cnco1)C(=O)N(C)C(C)(/C=C/C(=O)N1CCCCC1)N2. The Labute approximate surface area is 175 Å². The Balaban J connectivity index is 1.64. The highest BCUT2D eigenvalue weighted by Crippen LogP contribution is 2.39. The number of hydrogen-bond donors (Lipinski definition) is 1. The Morgan fingerprint density at radius 3 is 2.70 bits per heavy atom. The molecule has 4 rings (SSSR count). The fourth-order valence-electron chi connectivity index (χ4n) is 3.93. The number of carbonyl (C=O) groups excluding carboxylic acids is 2. The quantitative estimate of drug-likeness (QED) is 0.779. The topological polar surface area (TPSA) is 87.9 Å². The Morgan fingerprint density at radius 2 is 2.03 bits per heavy atom. The molecule has 1 fully saturated rings. The van der Waals surface area contributed by atoms with Gasteiger partial charge >= 0.3 is 0 Å². The normalized spacial score (nSPS) is 21.5. The molecule has 0 radical (unpaired) electrons. The molecule has 8 heteroatoms. The third-order valence-electron chi connectivity index (χ3n) is 5.88. The van der Waals surface area contributed by atoms with Crippen molar-refractivity contribution >= 4 is 17.5 Å². The molecule has 1 atom stereocenters. The van der Waals surface area contributed by atoms with Crippen molar-refractivity contribution in [2.75, 3.05) is 32.6 Å². The van der Waals surface area contributed by atoms with E-state index < -0.39 is 5.66 Å². The maximum absolute atomic E-state index is 13.2. The zero-order valence-corrected chi connectivity index (χ0v) is 17.5. The number of aromatic nitrogens is 1. The number of ether oxygens (including phenoxy) is 1. The number of hydrogen-bond acceptors (Lipinski definition) is 6. The van der Waals surface area contributed by atoms with Crippen molar-refractivity contribution in [3.8, 4) is 17.1 Å². The molecule has 1 N–H and O–H groups in total. The second-order valence-electron chi connectivity index (χ2n) is 7.82. The second kappa shape index (κ2) is 7.85. The van der Waals surface area contributed by atoms with Gasteiger partial charge in [0.05, 0.1) is 30.1 Å². The Bertz CT molecular complexity index is 979. The van der Waals surface area contributed by atoms with Crippen LogP contribution in [0.1, 0.15) is 36.5 Å². The van der Waals surface area contributed by atoms with Crippen LogP contribution >= 0.6 is 0 Å². The molecule has 2 aromatic rings. The molecule has 1 unspecified atom stereocenters. The second-order valence-corrected chi connectivity index (χ2v) is 7.82. The summed E-state index contributed by atoms with van der Waals surface area (Å²) in [4.78, 5) is 33.1. The van der Waals surface area contributed by atoms with E-state index in [0.29, 0.717) is 28.3 Å². The molecule has 0 saturated carbocycles. The first kappa shape index (κ1) is 20.0. The highest BCUT2D eigenvalue weighted by atomic mass is 16.5. The Hall–Kier alpha value is -3.29. The Morgan fingerprint density at radius 1 is 1.27 bits per heavy atom. The van der Waals surface area contributed by atoms with Crippen LogP contribution in [0.2, 0.25) is 0 Å². The van der Waals surface area contributed by atoms with Gasteiger partial charge in [-0.3, -0.25) is 9.59 Å². The summed E-state index contributed by atoms with van der Waals surface area (Å²) in [6.45, 7) is 3.43. The number of fused-ring (bicyclic) bond motifs is 1. The van der Waals surface area contributed by atoms with Gasteiger partial charge in [-0.1, -0.05) is 0 Å². The molecule has 1 saturated heterocycles. The lowest BCUT2D eigenvalue weighted by Crippen LogP contribution is -2.55. The van der Waals surface area contributed by atoms with Gasteiger partial charge in [-0.2, -0.15) is 0 Å². The summed E-state index contributed by atoms with van der Waals surface area (Å²) < 4.78 is 10.9. The van der Waals surface area contributed by atoms with Gasteiger partial charge in [0, 0.05) is 32.3 Å². The summed E-state index contributed by atoms with van der Waals surface area (Å²) in [7, 11) is 3.28. The Kier molecular flexibility index (Phi) is 5.24. The molecule has 0 spiro atoms. The van der Waals surface area contributed by atoms with Gasteiger partial charge in [0.25, 0.3) is 5.91 Å². The predicted octanol–water partition coefficient (Wildman–Crippen LogP) is 3.13. The summed E-state index contributed by atoms with van der Waals surface area (Å²) in [6.07, 6.45) is 9.46. The third-order valence-corrected chi connectivity index (χ3v) is 5.88. The van der Waals surface area contributed by atoms with Crippen LogP contribution in [0.15, 0.2) is 41.3 Å². The number of nitrogens with one attached hydrogen (secondary N) is 1. The smallest absolute Gasteiger partial charge is 0.257 e. The van der Waals surface area contributed by atoms with Gasteiger partial charge in [-0.15, -0.1) is 0 Å². The number of rotatable bonds is 4. The number of methoxy groups -OCH3 is 1. The first-order valence-electron chi connectivity index (χ1n) is 10.1. The van der Waals surface area contributed by atoms with Crippen LogP contribution in [-0.4, -0.2) is 59.5 Å². The number of oxazole rings is 1. The highest BCUT2D eigenvalue weighted by Gasteiger charge is 2.38. The van der Waals surface area contributed by atoms with Gasteiger partial charge in [-0.25, -0.2) is 4.98 Å². The number of likely N-dealkylation sites (tertiary alicyclic amines) is 1. The molecule has 2 aliphatic heterocycles. The zero-order valence-electron chi connectivity index (χ0n) is 17.5. The van der Waals surface area contributed by atoms with Gasteiger partial charge in [0.1, 0.15) is 11.4 Å². The van der Waals surface area contributed by atoms with Crippen molar-refractivity contribution in [2.45, 2.75) is 31.8 Å². The number of nitrogens with zero attached hydrogens (tertiary/aromatic N) is 3. The molecule has 1 aromatic carbocycles. The first-order chi connectivity index (χ1) is 14.4. The molecule has 1 aromatic heterocycles. The number of benzene rings is 1. The lowest BCUT2D eigenvalue weighted by molar-refractivity contribution is -0.126. The maximum atomic E-state index is 13.2. The minimum absolute atomic E-state index is 0.0254.